The second kappa shape index (κ2) is 33.0. The van der Waals surface area contributed by atoms with Crippen LogP contribution in [0, 0.1) is 0 Å². The SMILES string of the molecule is C.C.CS(=O)(=O)N[C@H]1CCC(=O)N2CCC[C@@H](C(=O)N[C@@H](CC(=O)O)C(=O)COC(=O)c3c(Cl)cccc3Cl)N2C1=O.O=C(O)C[C@H](NC(=O)[C@@H]1CCCN2C(=O)CC[C@H](NC(=O)CCc3ccccc3)C(=O)N12)C(=O)COC(=O)c1c(Cl)cccc1Cl. The summed E-state index contributed by atoms with van der Waals surface area (Å²) in [5.74, 6) is -11.6. The van der Waals surface area contributed by atoms with Gasteiger partial charge in [0.25, 0.3) is 11.8 Å². The maximum atomic E-state index is 13.7. The van der Waals surface area contributed by atoms with Crippen LogP contribution in [0.4, 0.5) is 0 Å². The summed E-state index contributed by atoms with van der Waals surface area (Å²) in [5, 5.41) is 30.0. The molecule has 7 amide bonds. The molecule has 0 spiro atoms. The molecule has 7 rings (SSSR count). The van der Waals surface area contributed by atoms with Gasteiger partial charge in [-0.2, -0.15) is 0 Å². The molecule has 0 saturated carbocycles. The van der Waals surface area contributed by atoms with E-state index in [1.165, 1.54) is 36.4 Å². The number of hydrogen-bond donors (Lipinski definition) is 6. The molecule has 0 aromatic heterocycles. The number of carboxylic acids is 2. The van der Waals surface area contributed by atoms with Crippen molar-refractivity contribution in [2.45, 2.75) is 128 Å². The first-order valence-electron chi connectivity index (χ1n) is 26.5. The van der Waals surface area contributed by atoms with Crippen LogP contribution in [0.2, 0.25) is 20.1 Å². The van der Waals surface area contributed by atoms with Crippen LogP contribution in [-0.4, -0.2) is 184 Å². The van der Waals surface area contributed by atoms with Crippen molar-refractivity contribution < 1.29 is 90.4 Å². The molecule has 4 aliphatic rings. The highest BCUT2D eigenvalue weighted by molar-refractivity contribution is 7.88. The summed E-state index contributed by atoms with van der Waals surface area (Å²) in [6.07, 6.45) is 0.116. The molecule has 4 aliphatic heterocycles. The van der Waals surface area contributed by atoms with E-state index in [0.717, 1.165) is 31.9 Å². The molecule has 6 atom stereocenters. The van der Waals surface area contributed by atoms with Gasteiger partial charge in [-0.05, 0) is 74.8 Å². The van der Waals surface area contributed by atoms with Crippen LogP contribution >= 0.6 is 46.4 Å². The van der Waals surface area contributed by atoms with Gasteiger partial charge in [-0.15, -0.1) is 0 Å². The number of benzene rings is 3. The van der Waals surface area contributed by atoms with Crippen molar-refractivity contribution in [2.24, 2.45) is 0 Å². The number of carbonyl (C=O) groups is 13. The van der Waals surface area contributed by atoms with Crippen molar-refractivity contribution in [3.63, 3.8) is 0 Å². The number of hydrogen-bond acceptors (Lipinski definition) is 17. The van der Waals surface area contributed by atoms with Crippen molar-refractivity contribution in [2.75, 3.05) is 32.6 Å². The Morgan fingerprint density at radius 1 is 0.591 bits per heavy atom. The Morgan fingerprint density at radius 2 is 0.989 bits per heavy atom. The molecule has 0 radical (unpaired) electrons. The quantitative estimate of drug-likeness (QED) is 0.0781. The van der Waals surface area contributed by atoms with Gasteiger partial charge >= 0.3 is 23.9 Å². The normalized spacial score (nSPS) is 18.9. The van der Waals surface area contributed by atoms with E-state index >= 15 is 0 Å². The first-order chi connectivity index (χ1) is 40.6. The van der Waals surface area contributed by atoms with Crippen molar-refractivity contribution >= 4 is 133 Å². The molecule has 3 aromatic rings. The van der Waals surface area contributed by atoms with E-state index in [-0.39, 0.29) is 104 Å². The molecule has 6 N–H and O–H groups in total. The van der Waals surface area contributed by atoms with Crippen LogP contribution in [-0.2, 0) is 78.7 Å². The number of ether oxygens (including phenoxy) is 2. The fraction of sp³-hybridized carbons (Fsp3) is 0.446. The molecule has 4 saturated heterocycles. The van der Waals surface area contributed by atoms with E-state index in [0.29, 0.717) is 19.3 Å². The first kappa shape index (κ1) is 72.7. The number of nitrogens with zero attached hydrogens (tertiary/aromatic N) is 4. The van der Waals surface area contributed by atoms with Crippen molar-refractivity contribution in [1.29, 1.82) is 0 Å². The molecule has 478 valence electrons. The molecule has 0 bridgehead atoms. The predicted octanol–water partition coefficient (Wildman–Crippen LogP) is 3.72. The predicted molar refractivity (Wildman–Crippen MR) is 315 cm³/mol. The minimum Gasteiger partial charge on any atom is -0.481 e. The summed E-state index contributed by atoms with van der Waals surface area (Å²) < 4.78 is 35.7. The number of amides is 7. The number of sulfonamides is 1. The van der Waals surface area contributed by atoms with Gasteiger partial charge in [-0.1, -0.05) is 104 Å². The smallest absolute Gasteiger partial charge is 0.341 e. The number of rotatable bonds is 22. The molecular formula is C56H66Cl4N8O19S. The van der Waals surface area contributed by atoms with Crippen LogP contribution in [0.25, 0.3) is 0 Å². The number of fused-ring (bicyclic) bond motifs is 2. The minimum absolute atomic E-state index is 0. The van der Waals surface area contributed by atoms with E-state index < -0.39 is 149 Å². The Kier molecular flexibility index (Phi) is 27.3. The van der Waals surface area contributed by atoms with Crippen molar-refractivity contribution in [3.05, 3.63) is 104 Å². The van der Waals surface area contributed by atoms with Crippen molar-refractivity contribution in [1.82, 2.24) is 40.7 Å². The Morgan fingerprint density at radius 3 is 1.39 bits per heavy atom. The number of ketones is 2. The van der Waals surface area contributed by atoms with E-state index in [4.69, 9.17) is 55.9 Å². The second-order valence-corrected chi connectivity index (χ2v) is 23.3. The number of carbonyl (C=O) groups excluding carboxylic acids is 11. The van der Waals surface area contributed by atoms with Crippen LogP contribution in [0.15, 0.2) is 66.7 Å². The topological polar surface area (TPSA) is 376 Å². The Bertz CT molecular complexity index is 3250. The van der Waals surface area contributed by atoms with Gasteiger partial charge in [0, 0.05) is 32.4 Å². The monoisotopic (exact) mass is 1330 g/mol. The Hall–Kier alpha value is -7.76. The second-order valence-electron chi connectivity index (χ2n) is 19.9. The number of carboxylic acid groups (broad SMARTS) is 2. The lowest BCUT2D eigenvalue weighted by molar-refractivity contribution is -0.176. The first-order valence-corrected chi connectivity index (χ1v) is 29.9. The number of hydrazine groups is 2. The summed E-state index contributed by atoms with van der Waals surface area (Å²) in [6, 6.07) is 9.49. The van der Waals surface area contributed by atoms with E-state index in [1.54, 1.807) is 0 Å². The fourth-order valence-electron chi connectivity index (χ4n) is 9.60. The molecule has 4 heterocycles. The molecule has 27 nitrogen and oxygen atoms in total. The molecular weight excluding hydrogens is 1260 g/mol. The molecule has 3 aromatic carbocycles. The van der Waals surface area contributed by atoms with Crippen molar-refractivity contribution in [3.8, 4) is 0 Å². The van der Waals surface area contributed by atoms with Gasteiger partial charge in [0.15, 0.2) is 24.8 Å². The Balaban J connectivity index is 0.000000372. The van der Waals surface area contributed by atoms with Gasteiger partial charge < -0.3 is 35.6 Å². The van der Waals surface area contributed by atoms with Gasteiger partial charge in [-0.3, -0.25) is 62.8 Å². The highest BCUT2D eigenvalue weighted by Crippen LogP contribution is 2.29. The Labute approximate surface area is 525 Å². The fourth-order valence-corrected chi connectivity index (χ4v) is 11.4. The molecule has 0 aliphatic carbocycles. The minimum atomic E-state index is -3.84. The summed E-state index contributed by atoms with van der Waals surface area (Å²) in [6.45, 7) is -1.59. The zero-order valence-electron chi connectivity index (χ0n) is 45.7. The summed E-state index contributed by atoms with van der Waals surface area (Å²) in [4.78, 5) is 166. The maximum Gasteiger partial charge on any atom is 0.341 e. The number of Topliss-reactive ketones (excluding diaryl/α,β-unsaturated/α-hetero) is 2. The standard InChI is InChI=1S/C31H32Cl2N4O9.C23H26Cl2N4O10S.2CH4/c32-19-8-4-9-20(33)28(19)31(45)46-17-24(38)22(16-27(41)42)35-29(43)23-10-5-15-36-26(40)14-12-21(30(44)37(23)36)34-25(39)13-11-18-6-2-1-3-7-18;1-40(37,38)27-14-7-8-18(31)28-9-3-6-16(29(28)22(14)35)21(34)26-15(10-19(32)33)17(30)11-39-23(36)20-12(24)4-2-5-13(20)25;;/h1-4,6-9,21-23H,5,10-17H2,(H,34,39)(H,35,43)(H,41,42);2,4-5,14-16,27H,3,6-11H2,1H3,(H,26,34)(H,32,33);2*1H4/t21-,22-,23-;14-,15-,16-;;/m00../s1. The van der Waals surface area contributed by atoms with E-state index in [9.17, 15) is 81.0 Å². The summed E-state index contributed by atoms with van der Waals surface area (Å²) in [7, 11) is -3.84. The highest BCUT2D eigenvalue weighted by atomic mass is 35.5. The zero-order valence-corrected chi connectivity index (χ0v) is 49.5. The van der Waals surface area contributed by atoms with Gasteiger partial charge in [-0.25, -0.2) is 32.7 Å². The van der Waals surface area contributed by atoms with Crippen LogP contribution in [0.5, 0.6) is 0 Å². The average Bonchev–Trinajstić information content (AvgIpc) is 1.64. The number of nitrogens with one attached hydrogen (secondary N) is 4. The molecule has 0 unspecified atom stereocenters. The number of esters is 2. The van der Waals surface area contributed by atoms with Gasteiger partial charge in [0.05, 0.1) is 50.3 Å². The highest BCUT2D eigenvalue weighted by Gasteiger charge is 2.47. The number of aryl methyl sites for hydroxylation is 1. The van der Waals surface area contributed by atoms with E-state index in [2.05, 4.69) is 20.7 Å². The average molecular weight is 1330 g/mol. The largest absolute Gasteiger partial charge is 0.481 e. The summed E-state index contributed by atoms with van der Waals surface area (Å²) in [5.41, 5.74) is 0.541. The molecule has 32 heteroatoms. The lowest BCUT2D eigenvalue weighted by Crippen LogP contribution is -2.64. The van der Waals surface area contributed by atoms with Crippen LogP contribution in [0.3, 0.4) is 0 Å². The van der Waals surface area contributed by atoms with Gasteiger partial charge in [0.2, 0.25) is 39.6 Å². The van der Waals surface area contributed by atoms with Crippen LogP contribution in [0.1, 0.15) is 112 Å². The number of aliphatic carboxylic acids is 2. The van der Waals surface area contributed by atoms with E-state index in [1.807, 2.05) is 30.3 Å². The van der Waals surface area contributed by atoms with Crippen LogP contribution < -0.4 is 20.7 Å². The third-order valence-electron chi connectivity index (χ3n) is 13.7. The van der Waals surface area contributed by atoms with Gasteiger partial charge in [0.1, 0.15) is 36.3 Å². The summed E-state index contributed by atoms with van der Waals surface area (Å²) >= 11 is 23.9. The third-order valence-corrected chi connectivity index (χ3v) is 15.7. The maximum absolute atomic E-state index is 13.7. The third kappa shape index (κ3) is 19.6. The lowest BCUT2D eigenvalue weighted by Gasteiger charge is -2.43. The zero-order chi connectivity index (χ0) is 63.2. The lowest BCUT2D eigenvalue weighted by atomic mass is 10.0. The molecule has 88 heavy (non-hydrogen) atoms. The number of halogens is 4. The molecule has 4 fully saturated rings.